The molecule has 0 radical (unpaired) electrons. The van der Waals surface area contributed by atoms with Crippen molar-refractivity contribution in [3.63, 3.8) is 0 Å². The minimum absolute atomic E-state index is 0. The zero-order chi connectivity index (χ0) is 19.9. The largest absolute Gasteiger partial charge is 0.481 e. The topological polar surface area (TPSA) is 63.6 Å². The van der Waals surface area contributed by atoms with E-state index in [-0.39, 0.29) is 23.1 Å². The van der Waals surface area contributed by atoms with Gasteiger partial charge in [-0.2, -0.15) is 0 Å². The molecule has 0 fully saturated rings. The second-order valence-corrected chi connectivity index (χ2v) is 6.46. The van der Waals surface area contributed by atoms with Crippen LogP contribution in [0.5, 0.6) is 0 Å². The normalized spacial score (nSPS) is 9.85. The van der Waals surface area contributed by atoms with E-state index in [2.05, 4.69) is 30.4 Å². The number of carbonyl (C=O) groups excluding carboxylic acids is 1. The Bertz CT molecular complexity index is 367. The molecule has 0 atom stereocenters. The summed E-state index contributed by atoms with van der Waals surface area (Å²) >= 11 is 0. The number of allylic oxidation sites excluding steroid dienone is 2. The Balaban J connectivity index is -0.000000709. The SMILES string of the molecule is C=CC(=O)OC.CCCCCCCC/C=C/CCCCCCCC(=O)O.[MgH2]. The summed E-state index contributed by atoms with van der Waals surface area (Å²) < 4.78 is 4.14. The first-order chi connectivity index (χ1) is 12.6. The maximum absolute atomic E-state index is 10.3. The zero-order valence-electron chi connectivity index (χ0n) is 17.0. The van der Waals surface area contributed by atoms with Gasteiger partial charge in [-0.1, -0.05) is 77.0 Å². The highest BCUT2D eigenvalue weighted by Gasteiger charge is 1.95. The van der Waals surface area contributed by atoms with E-state index < -0.39 is 11.9 Å². The highest BCUT2D eigenvalue weighted by atomic mass is 24.3. The number of rotatable bonds is 16. The quantitative estimate of drug-likeness (QED) is 0.123. The molecule has 0 aromatic rings. The van der Waals surface area contributed by atoms with Crippen LogP contribution < -0.4 is 0 Å². The molecule has 1 N–H and O–H groups in total. The lowest BCUT2D eigenvalue weighted by Crippen LogP contribution is -1.93. The number of hydrogen-bond acceptors (Lipinski definition) is 3. The van der Waals surface area contributed by atoms with Crippen LogP contribution >= 0.6 is 0 Å². The highest BCUT2D eigenvalue weighted by Crippen LogP contribution is 2.09. The predicted octanol–water partition coefficient (Wildman–Crippen LogP) is 5.54. The lowest BCUT2D eigenvalue weighted by Gasteiger charge is -1.99. The summed E-state index contributed by atoms with van der Waals surface area (Å²) in [6, 6.07) is 0. The molecule has 27 heavy (non-hydrogen) atoms. The number of esters is 1. The Morgan fingerprint density at radius 3 is 1.67 bits per heavy atom. The van der Waals surface area contributed by atoms with Crippen molar-refractivity contribution < 1.29 is 19.4 Å². The van der Waals surface area contributed by atoms with Gasteiger partial charge in [0.15, 0.2) is 0 Å². The second kappa shape index (κ2) is 27.4. The molecule has 0 aromatic heterocycles. The first-order valence-electron chi connectivity index (χ1n) is 10.2. The minimum atomic E-state index is -0.664. The van der Waals surface area contributed by atoms with Crippen LogP contribution in [0.3, 0.4) is 0 Å². The van der Waals surface area contributed by atoms with Crippen molar-refractivity contribution in [3.8, 4) is 0 Å². The molecule has 0 aromatic carbocycles. The first-order valence-corrected chi connectivity index (χ1v) is 10.2. The molecule has 0 saturated carbocycles. The fraction of sp³-hybridized carbons (Fsp3) is 0.727. The van der Waals surface area contributed by atoms with Crippen LogP contribution in [0, 0.1) is 0 Å². The average molecular weight is 395 g/mol. The van der Waals surface area contributed by atoms with Gasteiger partial charge in [0.1, 0.15) is 0 Å². The van der Waals surface area contributed by atoms with Crippen molar-refractivity contribution in [1.82, 2.24) is 0 Å². The van der Waals surface area contributed by atoms with Crippen LogP contribution in [-0.2, 0) is 14.3 Å². The Morgan fingerprint density at radius 2 is 1.30 bits per heavy atom. The van der Waals surface area contributed by atoms with E-state index in [1.54, 1.807) is 0 Å². The zero-order valence-corrected chi connectivity index (χ0v) is 17.0. The summed E-state index contributed by atoms with van der Waals surface area (Å²) in [5.74, 6) is -1.06. The van der Waals surface area contributed by atoms with E-state index in [0.29, 0.717) is 6.42 Å². The standard InChI is InChI=1S/C18H34O2.C4H6O2.Mg.2H/c1-2-3-4-5-6-7-8-9-10-11-12-13-14-15-16-17-18(19)20;1-3-4(5)6-2;;;/h9-10H,2-8,11-17H2,1H3,(H,19,20);3H,1H2,2H3;;;/b10-9+;;;;. The Labute approximate surface area is 183 Å². The molecule has 0 unspecified atom stereocenters. The van der Waals surface area contributed by atoms with Gasteiger partial charge < -0.3 is 9.84 Å². The average Bonchev–Trinajstić information content (AvgIpc) is 2.64. The fourth-order valence-electron chi connectivity index (χ4n) is 2.43. The maximum atomic E-state index is 10.3. The van der Waals surface area contributed by atoms with Gasteiger partial charge in [0.25, 0.3) is 0 Å². The predicted molar refractivity (Wildman–Crippen MR) is 118 cm³/mol. The van der Waals surface area contributed by atoms with Gasteiger partial charge in [-0.15, -0.1) is 0 Å². The molecule has 0 saturated heterocycles. The molecule has 0 bridgehead atoms. The summed E-state index contributed by atoms with van der Waals surface area (Å²) in [5.41, 5.74) is 0. The summed E-state index contributed by atoms with van der Waals surface area (Å²) in [7, 11) is 1.31. The Morgan fingerprint density at radius 1 is 0.852 bits per heavy atom. The third kappa shape index (κ3) is 33.2. The van der Waals surface area contributed by atoms with E-state index in [0.717, 1.165) is 18.9 Å². The van der Waals surface area contributed by atoms with Crippen molar-refractivity contribution in [3.05, 3.63) is 24.8 Å². The molecule has 156 valence electrons. The van der Waals surface area contributed by atoms with Crippen molar-refractivity contribution in [2.45, 2.75) is 96.8 Å². The van der Waals surface area contributed by atoms with Gasteiger partial charge in [0.05, 0.1) is 7.11 Å². The van der Waals surface area contributed by atoms with Crippen LogP contribution in [-0.4, -0.2) is 47.2 Å². The monoisotopic (exact) mass is 394 g/mol. The lowest BCUT2D eigenvalue weighted by molar-refractivity contribution is -0.137. The van der Waals surface area contributed by atoms with Crippen LogP contribution in [0.4, 0.5) is 0 Å². The number of carboxylic acids is 1. The van der Waals surface area contributed by atoms with Crippen LogP contribution in [0.25, 0.3) is 0 Å². The number of methoxy groups -OCH3 is 1. The second-order valence-electron chi connectivity index (χ2n) is 6.46. The number of aliphatic carboxylic acids is 1. The van der Waals surface area contributed by atoms with Crippen LogP contribution in [0.15, 0.2) is 24.8 Å². The molecule has 4 nitrogen and oxygen atoms in total. The number of carbonyl (C=O) groups is 2. The summed E-state index contributed by atoms with van der Waals surface area (Å²) in [5, 5.41) is 8.51. The van der Waals surface area contributed by atoms with Crippen molar-refractivity contribution in [2.24, 2.45) is 0 Å². The Hall–Kier alpha value is -0.814. The summed E-state index contributed by atoms with van der Waals surface area (Å²) in [4.78, 5) is 20.2. The molecule has 0 heterocycles. The highest BCUT2D eigenvalue weighted by molar-refractivity contribution is 5.80. The third-order valence-electron chi connectivity index (χ3n) is 4.02. The number of hydrogen-bond donors (Lipinski definition) is 1. The number of ether oxygens (including phenoxy) is 1. The fourth-order valence-corrected chi connectivity index (χ4v) is 2.43. The molecule has 0 aliphatic rings. The minimum Gasteiger partial charge on any atom is -0.481 e. The molecular weight excluding hydrogens is 353 g/mol. The van der Waals surface area contributed by atoms with E-state index in [4.69, 9.17) is 5.11 Å². The van der Waals surface area contributed by atoms with Crippen molar-refractivity contribution >= 4 is 35.0 Å². The molecule has 5 heteroatoms. The van der Waals surface area contributed by atoms with Gasteiger partial charge in [-0.05, 0) is 32.1 Å². The maximum Gasteiger partial charge on any atom is 0.329 e. The molecular formula is C22H42MgO4. The summed E-state index contributed by atoms with van der Waals surface area (Å²) in [6.45, 7) is 5.42. The molecule has 0 amide bonds. The number of carboxylic acid groups (broad SMARTS) is 1. The summed E-state index contributed by atoms with van der Waals surface area (Å²) in [6.07, 6.45) is 22.4. The van der Waals surface area contributed by atoms with Gasteiger partial charge >= 0.3 is 35.0 Å². The molecule has 0 aliphatic carbocycles. The van der Waals surface area contributed by atoms with Crippen LogP contribution in [0.1, 0.15) is 96.8 Å². The number of unbranched alkanes of at least 4 members (excludes halogenated alkanes) is 11. The van der Waals surface area contributed by atoms with Gasteiger partial charge in [-0.25, -0.2) is 4.79 Å². The van der Waals surface area contributed by atoms with Crippen molar-refractivity contribution in [1.29, 1.82) is 0 Å². The molecule has 0 rings (SSSR count). The molecule has 0 spiro atoms. The van der Waals surface area contributed by atoms with Gasteiger partial charge in [-0.3, -0.25) is 4.79 Å². The van der Waals surface area contributed by atoms with Gasteiger partial charge in [0.2, 0.25) is 0 Å². The lowest BCUT2D eigenvalue weighted by atomic mass is 10.1. The van der Waals surface area contributed by atoms with Crippen molar-refractivity contribution in [2.75, 3.05) is 7.11 Å². The van der Waals surface area contributed by atoms with E-state index in [1.165, 1.54) is 77.7 Å². The molecule has 0 aliphatic heterocycles. The van der Waals surface area contributed by atoms with E-state index in [1.807, 2.05) is 0 Å². The third-order valence-corrected chi connectivity index (χ3v) is 4.02. The van der Waals surface area contributed by atoms with Crippen LogP contribution in [0.2, 0.25) is 0 Å². The first kappa shape index (κ1) is 30.9. The van der Waals surface area contributed by atoms with Gasteiger partial charge in [0, 0.05) is 12.5 Å². The Kier molecular flexibility index (Phi) is 31.4. The van der Waals surface area contributed by atoms with E-state index in [9.17, 15) is 9.59 Å². The van der Waals surface area contributed by atoms with E-state index >= 15 is 0 Å². The smallest absolute Gasteiger partial charge is 0.329 e.